The van der Waals surface area contributed by atoms with Crippen molar-refractivity contribution < 1.29 is 18.4 Å². The Hall–Kier alpha value is -1.82. The number of carbonyl (C=O) groups excluding carboxylic acids is 2. The van der Waals surface area contributed by atoms with Crippen LogP contribution in [0, 0.1) is 11.6 Å². The van der Waals surface area contributed by atoms with E-state index < -0.39 is 17.4 Å². The number of carbonyl (C=O) groups is 2. The number of halogens is 2. The molecule has 0 saturated carbocycles. The predicted molar refractivity (Wildman–Crippen MR) is 60.1 cm³/mol. The minimum Gasteiger partial charge on any atom is -0.354 e. The standard InChI is InChI=1S/C12H12F2N2O2/c13-8-1-2-10(14)9(5-8)11(17)6-16-4-3-15-12(18)7-16/h1-2,5H,3-4,6-7H2,(H,15,18). The van der Waals surface area contributed by atoms with Crippen LogP contribution in [-0.4, -0.2) is 42.8 Å². The van der Waals surface area contributed by atoms with Gasteiger partial charge in [0.1, 0.15) is 11.6 Å². The van der Waals surface area contributed by atoms with Gasteiger partial charge in [0.25, 0.3) is 0 Å². The third kappa shape index (κ3) is 2.89. The summed E-state index contributed by atoms with van der Waals surface area (Å²) in [6.45, 7) is 0.989. The summed E-state index contributed by atoms with van der Waals surface area (Å²) < 4.78 is 26.3. The van der Waals surface area contributed by atoms with Crippen LogP contribution < -0.4 is 5.32 Å². The molecule has 1 fully saturated rings. The largest absolute Gasteiger partial charge is 0.354 e. The van der Waals surface area contributed by atoms with Crippen molar-refractivity contribution in [1.29, 1.82) is 0 Å². The first kappa shape index (κ1) is 12.6. The van der Waals surface area contributed by atoms with Crippen molar-refractivity contribution in [1.82, 2.24) is 10.2 Å². The lowest BCUT2D eigenvalue weighted by molar-refractivity contribution is -0.123. The lowest BCUT2D eigenvalue weighted by Crippen LogP contribution is -2.49. The summed E-state index contributed by atoms with van der Waals surface area (Å²) in [7, 11) is 0. The molecule has 1 aliphatic heterocycles. The number of nitrogens with zero attached hydrogens (tertiary/aromatic N) is 1. The Balaban J connectivity index is 2.07. The molecule has 0 radical (unpaired) electrons. The number of ketones is 1. The molecule has 1 aromatic carbocycles. The quantitative estimate of drug-likeness (QED) is 0.803. The van der Waals surface area contributed by atoms with Gasteiger partial charge in [-0.15, -0.1) is 0 Å². The fourth-order valence-electron chi connectivity index (χ4n) is 1.83. The number of piperazine rings is 1. The number of hydrogen-bond acceptors (Lipinski definition) is 3. The molecule has 1 heterocycles. The van der Waals surface area contributed by atoms with E-state index in [1.807, 2.05) is 0 Å². The molecule has 1 saturated heterocycles. The van der Waals surface area contributed by atoms with Gasteiger partial charge in [0.2, 0.25) is 5.91 Å². The molecule has 0 spiro atoms. The Bertz CT molecular complexity index is 491. The zero-order chi connectivity index (χ0) is 13.1. The molecule has 1 N–H and O–H groups in total. The van der Waals surface area contributed by atoms with Crippen molar-refractivity contribution in [2.24, 2.45) is 0 Å². The minimum absolute atomic E-state index is 0.0895. The predicted octanol–water partition coefficient (Wildman–Crippen LogP) is 0.579. The third-order valence-electron chi connectivity index (χ3n) is 2.71. The van der Waals surface area contributed by atoms with Crippen LogP contribution in [0.5, 0.6) is 0 Å². The van der Waals surface area contributed by atoms with Crippen LogP contribution >= 0.6 is 0 Å². The van der Waals surface area contributed by atoms with Gasteiger partial charge in [0.15, 0.2) is 5.78 Å². The van der Waals surface area contributed by atoms with Crippen molar-refractivity contribution >= 4 is 11.7 Å². The van der Waals surface area contributed by atoms with Crippen molar-refractivity contribution in [3.8, 4) is 0 Å². The average Bonchev–Trinajstić information content (AvgIpc) is 2.32. The van der Waals surface area contributed by atoms with Crippen LogP contribution in [0.2, 0.25) is 0 Å². The Kier molecular flexibility index (Phi) is 3.66. The van der Waals surface area contributed by atoms with E-state index in [4.69, 9.17) is 0 Å². The summed E-state index contributed by atoms with van der Waals surface area (Å²) in [6, 6.07) is 2.76. The molecule has 1 aliphatic rings. The van der Waals surface area contributed by atoms with Crippen molar-refractivity contribution in [2.45, 2.75) is 0 Å². The van der Waals surface area contributed by atoms with Crippen LogP contribution in [0.3, 0.4) is 0 Å². The van der Waals surface area contributed by atoms with E-state index in [0.29, 0.717) is 13.1 Å². The maximum absolute atomic E-state index is 13.4. The second-order valence-electron chi connectivity index (χ2n) is 4.11. The van der Waals surface area contributed by atoms with Crippen LogP contribution in [0.1, 0.15) is 10.4 Å². The maximum Gasteiger partial charge on any atom is 0.234 e. The second kappa shape index (κ2) is 5.22. The van der Waals surface area contributed by atoms with E-state index in [-0.39, 0.29) is 24.6 Å². The summed E-state index contributed by atoms with van der Waals surface area (Å²) in [5.74, 6) is -2.10. The number of Topliss-reactive ketones (excluding diaryl/α,β-unsaturated/α-hetero) is 1. The molecular formula is C12H12F2N2O2. The normalized spacial score (nSPS) is 16.4. The molecule has 0 aromatic heterocycles. The number of amides is 1. The van der Waals surface area contributed by atoms with E-state index in [1.54, 1.807) is 4.90 Å². The van der Waals surface area contributed by atoms with Crippen LogP contribution in [0.4, 0.5) is 8.78 Å². The molecule has 96 valence electrons. The zero-order valence-electron chi connectivity index (χ0n) is 9.58. The zero-order valence-corrected chi connectivity index (χ0v) is 9.58. The first-order valence-electron chi connectivity index (χ1n) is 5.53. The van der Waals surface area contributed by atoms with Crippen LogP contribution in [0.25, 0.3) is 0 Å². The van der Waals surface area contributed by atoms with Gasteiger partial charge in [-0.1, -0.05) is 0 Å². The van der Waals surface area contributed by atoms with E-state index in [2.05, 4.69) is 5.32 Å². The van der Waals surface area contributed by atoms with E-state index in [1.165, 1.54) is 0 Å². The molecular weight excluding hydrogens is 242 g/mol. The van der Waals surface area contributed by atoms with Crippen molar-refractivity contribution in [3.05, 3.63) is 35.4 Å². The van der Waals surface area contributed by atoms with Gasteiger partial charge in [-0.05, 0) is 18.2 Å². The molecule has 0 aliphatic carbocycles. The Morgan fingerprint density at radius 3 is 2.89 bits per heavy atom. The first-order chi connectivity index (χ1) is 8.56. The fourth-order valence-corrected chi connectivity index (χ4v) is 1.83. The van der Waals surface area contributed by atoms with Crippen LogP contribution in [-0.2, 0) is 4.79 Å². The lowest BCUT2D eigenvalue weighted by atomic mass is 10.1. The molecule has 4 nitrogen and oxygen atoms in total. The molecule has 2 rings (SSSR count). The number of rotatable bonds is 3. The third-order valence-corrected chi connectivity index (χ3v) is 2.71. The lowest BCUT2D eigenvalue weighted by Gasteiger charge is -2.25. The summed E-state index contributed by atoms with van der Waals surface area (Å²) >= 11 is 0. The molecule has 1 amide bonds. The number of nitrogens with one attached hydrogen (secondary N) is 1. The number of benzene rings is 1. The van der Waals surface area contributed by atoms with E-state index in [9.17, 15) is 18.4 Å². The highest BCUT2D eigenvalue weighted by atomic mass is 19.1. The van der Waals surface area contributed by atoms with Crippen molar-refractivity contribution in [2.75, 3.05) is 26.2 Å². The van der Waals surface area contributed by atoms with Gasteiger partial charge >= 0.3 is 0 Å². The Labute approximate surface area is 103 Å². The summed E-state index contributed by atoms with van der Waals surface area (Å²) in [5, 5.41) is 2.62. The maximum atomic E-state index is 13.4. The average molecular weight is 254 g/mol. The van der Waals surface area contributed by atoms with Gasteiger partial charge in [-0.25, -0.2) is 8.78 Å². The smallest absolute Gasteiger partial charge is 0.234 e. The van der Waals surface area contributed by atoms with Gasteiger partial charge in [-0.3, -0.25) is 14.5 Å². The summed E-state index contributed by atoms with van der Waals surface area (Å²) in [6.07, 6.45) is 0. The molecule has 0 bridgehead atoms. The van der Waals surface area contributed by atoms with Crippen LogP contribution in [0.15, 0.2) is 18.2 Å². The number of hydrogen-bond donors (Lipinski definition) is 1. The molecule has 18 heavy (non-hydrogen) atoms. The summed E-state index contributed by atoms with van der Waals surface area (Å²) in [4.78, 5) is 24.5. The van der Waals surface area contributed by atoms with E-state index >= 15 is 0 Å². The molecule has 0 atom stereocenters. The van der Waals surface area contributed by atoms with Gasteiger partial charge in [0.05, 0.1) is 18.7 Å². The molecule has 6 heteroatoms. The highest BCUT2D eigenvalue weighted by Gasteiger charge is 2.21. The first-order valence-corrected chi connectivity index (χ1v) is 5.53. The second-order valence-corrected chi connectivity index (χ2v) is 4.11. The topological polar surface area (TPSA) is 49.4 Å². The fraction of sp³-hybridized carbons (Fsp3) is 0.333. The molecule has 1 aromatic rings. The van der Waals surface area contributed by atoms with E-state index in [0.717, 1.165) is 18.2 Å². The van der Waals surface area contributed by atoms with Crippen molar-refractivity contribution in [3.63, 3.8) is 0 Å². The van der Waals surface area contributed by atoms with Gasteiger partial charge < -0.3 is 5.32 Å². The highest BCUT2D eigenvalue weighted by Crippen LogP contribution is 2.11. The monoisotopic (exact) mass is 254 g/mol. The Morgan fingerprint density at radius 1 is 1.39 bits per heavy atom. The minimum atomic E-state index is -0.747. The van der Waals surface area contributed by atoms with Gasteiger partial charge in [-0.2, -0.15) is 0 Å². The SMILES string of the molecule is O=C1CN(CC(=O)c2cc(F)ccc2F)CCN1. The summed E-state index contributed by atoms with van der Waals surface area (Å²) in [5.41, 5.74) is -0.277. The molecule has 0 unspecified atom stereocenters. The highest BCUT2D eigenvalue weighted by molar-refractivity contribution is 5.98. The van der Waals surface area contributed by atoms with Gasteiger partial charge in [0, 0.05) is 13.1 Å². The Morgan fingerprint density at radius 2 is 2.17 bits per heavy atom.